The van der Waals surface area contributed by atoms with Crippen molar-refractivity contribution in [1.29, 1.82) is 0 Å². The largest absolute Gasteiger partial charge is 0.385 e. The topological polar surface area (TPSA) is 58.4 Å². The molecule has 1 saturated heterocycles. The van der Waals surface area contributed by atoms with Crippen molar-refractivity contribution in [2.75, 3.05) is 13.1 Å². The van der Waals surface area contributed by atoms with Gasteiger partial charge in [-0.15, -0.1) is 0 Å². The van der Waals surface area contributed by atoms with Gasteiger partial charge in [-0.25, -0.2) is 4.98 Å². The summed E-state index contributed by atoms with van der Waals surface area (Å²) in [6.07, 6.45) is 8.11. The van der Waals surface area contributed by atoms with Gasteiger partial charge in [-0.3, -0.25) is 4.79 Å². The molecule has 5 nitrogen and oxygen atoms in total. The van der Waals surface area contributed by atoms with Gasteiger partial charge >= 0.3 is 0 Å². The van der Waals surface area contributed by atoms with Crippen LogP contribution in [0, 0.1) is 23.7 Å². The average molecular weight is 333 g/mol. The van der Waals surface area contributed by atoms with Crippen molar-refractivity contribution in [1.82, 2.24) is 14.5 Å². The first-order chi connectivity index (χ1) is 11.5. The van der Waals surface area contributed by atoms with E-state index >= 15 is 0 Å². The Balaban J connectivity index is 1.55. The number of aliphatic hydroxyl groups is 1. The van der Waals surface area contributed by atoms with Gasteiger partial charge in [-0.1, -0.05) is 13.8 Å². The fraction of sp³-hybridized carbons (Fsp3) is 0.789. The zero-order chi connectivity index (χ0) is 17.3. The van der Waals surface area contributed by atoms with Crippen molar-refractivity contribution in [3.05, 3.63) is 18.2 Å². The molecule has 1 aliphatic heterocycles. The van der Waals surface area contributed by atoms with E-state index in [1.54, 1.807) is 6.20 Å². The standard InChI is InChI=1S/C19H31N3O2/c1-13-10-14(2)12-16(11-13)19(24)22-7-4-15(5-8-22)17(23)18-20-6-9-21(18)3/h6,9,13-17,23H,4-5,7-8,10-12H2,1-3H3. The summed E-state index contributed by atoms with van der Waals surface area (Å²) in [5.41, 5.74) is 0. The molecule has 1 saturated carbocycles. The molecule has 1 aromatic rings. The Labute approximate surface area is 145 Å². The first-order valence-electron chi connectivity index (χ1n) is 9.39. The highest BCUT2D eigenvalue weighted by atomic mass is 16.3. The minimum atomic E-state index is -0.531. The van der Waals surface area contributed by atoms with Crippen LogP contribution in [-0.4, -0.2) is 38.6 Å². The van der Waals surface area contributed by atoms with Gasteiger partial charge in [0.15, 0.2) is 0 Å². The van der Waals surface area contributed by atoms with Gasteiger partial charge in [-0.2, -0.15) is 0 Å². The number of nitrogens with zero attached hydrogens (tertiary/aromatic N) is 3. The summed E-state index contributed by atoms with van der Waals surface area (Å²) in [5, 5.41) is 10.6. The molecule has 1 amide bonds. The van der Waals surface area contributed by atoms with Gasteiger partial charge < -0.3 is 14.6 Å². The summed E-state index contributed by atoms with van der Waals surface area (Å²) in [6.45, 7) is 6.07. The Bertz CT molecular complexity index is 553. The number of aromatic nitrogens is 2. The molecule has 2 fully saturated rings. The number of amides is 1. The van der Waals surface area contributed by atoms with Crippen LogP contribution in [0.3, 0.4) is 0 Å². The van der Waals surface area contributed by atoms with Crippen LogP contribution in [0.15, 0.2) is 12.4 Å². The smallest absolute Gasteiger partial charge is 0.225 e. The number of hydrogen-bond acceptors (Lipinski definition) is 3. The number of carbonyl (C=O) groups is 1. The fourth-order valence-corrected chi connectivity index (χ4v) is 4.72. The molecule has 0 spiro atoms. The predicted octanol–water partition coefficient (Wildman–Crippen LogP) is 2.76. The van der Waals surface area contributed by atoms with E-state index < -0.39 is 6.10 Å². The van der Waals surface area contributed by atoms with Gasteiger partial charge in [0.2, 0.25) is 5.91 Å². The highest BCUT2D eigenvalue weighted by Gasteiger charge is 2.35. The molecular formula is C19H31N3O2. The van der Waals surface area contributed by atoms with Crippen LogP contribution in [0.2, 0.25) is 0 Å². The third-order valence-corrected chi connectivity index (χ3v) is 5.95. The second-order valence-electron chi connectivity index (χ2n) is 8.12. The quantitative estimate of drug-likeness (QED) is 0.925. The highest BCUT2D eigenvalue weighted by molar-refractivity contribution is 5.79. The van der Waals surface area contributed by atoms with Crippen molar-refractivity contribution in [3.63, 3.8) is 0 Å². The molecule has 5 heteroatoms. The van der Waals surface area contributed by atoms with Crippen molar-refractivity contribution < 1.29 is 9.90 Å². The summed E-state index contributed by atoms with van der Waals surface area (Å²) in [5.74, 6) is 2.79. The summed E-state index contributed by atoms with van der Waals surface area (Å²) < 4.78 is 1.88. The number of hydrogen-bond donors (Lipinski definition) is 1. The summed E-state index contributed by atoms with van der Waals surface area (Å²) in [7, 11) is 1.91. The molecule has 1 aromatic heterocycles. The molecule has 2 heterocycles. The van der Waals surface area contributed by atoms with Crippen LogP contribution < -0.4 is 0 Å². The molecular weight excluding hydrogens is 302 g/mol. The van der Waals surface area contributed by atoms with Gasteiger partial charge in [0.1, 0.15) is 11.9 Å². The molecule has 3 rings (SSSR count). The van der Waals surface area contributed by atoms with E-state index in [0.29, 0.717) is 17.7 Å². The number of imidazole rings is 1. The van der Waals surface area contributed by atoms with E-state index in [1.165, 1.54) is 6.42 Å². The van der Waals surface area contributed by atoms with Crippen LogP contribution >= 0.6 is 0 Å². The van der Waals surface area contributed by atoms with E-state index in [4.69, 9.17) is 0 Å². The van der Waals surface area contributed by atoms with Gasteiger partial charge in [0.05, 0.1) is 0 Å². The second kappa shape index (κ2) is 7.26. The Morgan fingerprint density at radius 1 is 1.21 bits per heavy atom. The van der Waals surface area contributed by atoms with Gasteiger partial charge in [0, 0.05) is 38.4 Å². The second-order valence-corrected chi connectivity index (χ2v) is 8.12. The zero-order valence-electron chi connectivity index (χ0n) is 15.2. The Hall–Kier alpha value is -1.36. The third-order valence-electron chi connectivity index (χ3n) is 5.95. The predicted molar refractivity (Wildman–Crippen MR) is 93.1 cm³/mol. The molecule has 0 aromatic carbocycles. The molecule has 1 aliphatic carbocycles. The third kappa shape index (κ3) is 3.66. The maximum absolute atomic E-state index is 12.9. The van der Waals surface area contributed by atoms with E-state index in [0.717, 1.165) is 44.6 Å². The van der Waals surface area contributed by atoms with Crippen molar-refractivity contribution >= 4 is 5.91 Å². The number of likely N-dealkylation sites (tertiary alicyclic amines) is 1. The molecule has 2 aliphatic rings. The van der Waals surface area contributed by atoms with Crippen LogP contribution in [-0.2, 0) is 11.8 Å². The molecule has 0 bridgehead atoms. The van der Waals surface area contributed by atoms with E-state index in [-0.39, 0.29) is 11.8 Å². The van der Waals surface area contributed by atoms with Crippen LogP contribution in [0.5, 0.6) is 0 Å². The van der Waals surface area contributed by atoms with E-state index in [2.05, 4.69) is 18.8 Å². The molecule has 3 unspecified atom stereocenters. The van der Waals surface area contributed by atoms with E-state index in [1.807, 2.05) is 22.7 Å². The van der Waals surface area contributed by atoms with Gasteiger partial charge in [-0.05, 0) is 49.9 Å². The molecule has 134 valence electrons. The van der Waals surface area contributed by atoms with E-state index in [9.17, 15) is 9.90 Å². The fourth-order valence-electron chi connectivity index (χ4n) is 4.72. The maximum Gasteiger partial charge on any atom is 0.225 e. The highest BCUT2D eigenvalue weighted by Crippen LogP contribution is 2.35. The van der Waals surface area contributed by atoms with Crippen LogP contribution in [0.1, 0.15) is 57.9 Å². The Kier molecular flexibility index (Phi) is 5.28. The lowest BCUT2D eigenvalue weighted by molar-refractivity contribution is -0.139. The minimum Gasteiger partial charge on any atom is -0.385 e. The first-order valence-corrected chi connectivity index (χ1v) is 9.39. The normalized spacial score (nSPS) is 30.3. The minimum absolute atomic E-state index is 0.194. The lowest BCUT2D eigenvalue weighted by Gasteiger charge is -2.38. The number of carbonyl (C=O) groups excluding carboxylic acids is 1. The van der Waals surface area contributed by atoms with Crippen molar-refractivity contribution in [3.8, 4) is 0 Å². The van der Waals surface area contributed by atoms with Crippen molar-refractivity contribution in [2.24, 2.45) is 30.7 Å². The Morgan fingerprint density at radius 3 is 2.38 bits per heavy atom. The summed E-state index contributed by atoms with van der Waals surface area (Å²) in [6, 6.07) is 0. The molecule has 24 heavy (non-hydrogen) atoms. The van der Waals surface area contributed by atoms with Crippen LogP contribution in [0.4, 0.5) is 0 Å². The summed E-state index contributed by atoms with van der Waals surface area (Å²) >= 11 is 0. The van der Waals surface area contributed by atoms with Gasteiger partial charge in [0.25, 0.3) is 0 Å². The summed E-state index contributed by atoms with van der Waals surface area (Å²) in [4.78, 5) is 19.2. The number of piperidine rings is 1. The first kappa shape index (κ1) is 17.5. The molecule has 1 N–H and O–H groups in total. The number of rotatable bonds is 3. The monoisotopic (exact) mass is 333 g/mol. The number of aliphatic hydroxyl groups excluding tert-OH is 1. The SMILES string of the molecule is CC1CC(C)CC(C(=O)N2CCC(C(O)c3nccn3C)CC2)C1. The lowest BCUT2D eigenvalue weighted by atomic mass is 9.76. The number of aryl methyl sites for hydroxylation is 1. The van der Waals surface area contributed by atoms with Crippen molar-refractivity contribution in [2.45, 2.75) is 52.1 Å². The lowest BCUT2D eigenvalue weighted by Crippen LogP contribution is -2.44. The average Bonchev–Trinajstić information content (AvgIpc) is 2.99. The zero-order valence-corrected chi connectivity index (χ0v) is 15.2. The maximum atomic E-state index is 12.9. The molecule has 3 atom stereocenters. The molecule has 0 radical (unpaired) electrons. The van der Waals surface area contributed by atoms with Crippen LogP contribution in [0.25, 0.3) is 0 Å². The Morgan fingerprint density at radius 2 is 1.83 bits per heavy atom.